The zero-order valence-electron chi connectivity index (χ0n) is 5.35. The van der Waals surface area contributed by atoms with E-state index in [9.17, 15) is 14.4 Å². The molecule has 56 valence electrons. The molecule has 0 radical (unpaired) electrons. The maximum absolute atomic E-state index is 10.4. The number of hydrogen-bond donors (Lipinski definition) is 0. The molecule has 0 aromatic carbocycles. The summed E-state index contributed by atoms with van der Waals surface area (Å²) < 4.78 is 0. The largest absolute Gasteiger partial charge is 0.412 e. The van der Waals surface area contributed by atoms with E-state index < -0.39 is 0 Å². The van der Waals surface area contributed by atoms with Crippen molar-refractivity contribution in [2.75, 3.05) is 0 Å². The summed E-state index contributed by atoms with van der Waals surface area (Å²) in [6.45, 7) is 0. The summed E-state index contributed by atoms with van der Waals surface area (Å²) in [5.41, 5.74) is 0. The molecule has 4 heteroatoms. The standard InChI is InChI=1S/C6H6O3.H2O/c7-4-1-5(8)3-6(9)2-4;/h1-3H2;1H2. The molecule has 0 amide bonds. The van der Waals surface area contributed by atoms with Gasteiger partial charge in [0.2, 0.25) is 0 Å². The Labute approximate surface area is 57.5 Å². The van der Waals surface area contributed by atoms with Gasteiger partial charge in [-0.15, -0.1) is 0 Å². The molecule has 0 aromatic heterocycles. The molecule has 1 aliphatic carbocycles. The van der Waals surface area contributed by atoms with Crippen LogP contribution in [0, 0.1) is 0 Å². The number of carbonyl (C=O) groups is 3. The van der Waals surface area contributed by atoms with Gasteiger partial charge in [-0.25, -0.2) is 0 Å². The normalized spacial score (nSPS) is 18.6. The minimum absolute atomic E-state index is 0. The Balaban J connectivity index is 0.000000810. The zero-order chi connectivity index (χ0) is 6.85. The van der Waals surface area contributed by atoms with Crippen molar-refractivity contribution in [1.29, 1.82) is 0 Å². The third-order valence-electron chi connectivity index (χ3n) is 1.18. The van der Waals surface area contributed by atoms with Crippen LogP contribution in [0.15, 0.2) is 0 Å². The molecule has 0 saturated heterocycles. The number of hydrogen-bond acceptors (Lipinski definition) is 3. The number of rotatable bonds is 0. The smallest absolute Gasteiger partial charge is 0.147 e. The van der Waals surface area contributed by atoms with Crippen LogP contribution in [-0.4, -0.2) is 22.8 Å². The molecule has 0 atom stereocenters. The first kappa shape index (κ1) is 8.97. The number of carbonyl (C=O) groups excluding carboxylic acids is 3. The Morgan fingerprint density at radius 2 is 0.900 bits per heavy atom. The van der Waals surface area contributed by atoms with Crippen molar-refractivity contribution in [3.63, 3.8) is 0 Å². The summed E-state index contributed by atoms with van der Waals surface area (Å²) in [4.78, 5) is 31.3. The highest BCUT2D eigenvalue weighted by atomic mass is 16.2. The first-order valence-electron chi connectivity index (χ1n) is 2.73. The molecule has 1 fully saturated rings. The third kappa shape index (κ3) is 2.06. The second-order valence-electron chi connectivity index (χ2n) is 2.15. The predicted octanol–water partition coefficient (Wildman–Crippen LogP) is -0.947. The van der Waals surface area contributed by atoms with Crippen LogP contribution in [-0.2, 0) is 14.4 Å². The van der Waals surface area contributed by atoms with E-state index in [1.807, 2.05) is 0 Å². The van der Waals surface area contributed by atoms with Crippen molar-refractivity contribution in [1.82, 2.24) is 0 Å². The average Bonchev–Trinajstić information content (AvgIpc) is 1.59. The molecule has 1 rings (SSSR count). The van der Waals surface area contributed by atoms with E-state index in [1.54, 1.807) is 0 Å². The molecule has 0 bridgehead atoms. The lowest BCUT2D eigenvalue weighted by molar-refractivity contribution is -0.136. The summed E-state index contributed by atoms with van der Waals surface area (Å²) in [7, 11) is 0. The lowest BCUT2D eigenvalue weighted by Crippen LogP contribution is -2.21. The minimum atomic E-state index is -0.240. The van der Waals surface area contributed by atoms with Gasteiger partial charge >= 0.3 is 0 Å². The molecule has 0 heterocycles. The van der Waals surface area contributed by atoms with Gasteiger partial charge in [-0.3, -0.25) is 14.4 Å². The molecule has 2 N–H and O–H groups in total. The van der Waals surface area contributed by atoms with E-state index in [-0.39, 0.29) is 42.1 Å². The molecular weight excluding hydrogens is 136 g/mol. The predicted molar refractivity (Wildman–Crippen MR) is 32.5 cm³/mol. The summed E-state index contributed by atoms with van der Waals surface area (Å²) in [5.74, 6) is -0.719. The molecule has 10 heavy (non-hydrogen) atoms. The van der Waals surface area contributed by atoms with Crippen LogP contribution >= 0.6 is 0 Å². The van der Waals surface area contributed by atoms with E-state index >= 15 is 0 Å². The summed E-state index contributed by atoms with van der Waals surface area (Å²) in [6.07, 6.45) is -0.108. The third-order valence-corrected chi connectivity index (χ3v) is 1.18. The fourth-order valence-electron chi connectivity index (χ4n) is 0.847. The molecule has 1 aliphatic rings. The van der Waals surface area contributed by atoms with Crippen molar-refractivity contribution in [3.8, 4) is 0 Å². The van der Waals surface area contributed by atoms with Crippen LogP contribution in [0.2, 0.25) is 0 Å². The van der Waals surface area contributed by atoms with Gasteiger partial charge in [-0.1, -0.05) is 0 Å². The number of Topliss-reactive ketones (excluding diaryl/α,β-unsaturated/α-hetero) is 3. The van der Waals surface area contributed by atoms with Gasteiger partial charge in [0.15, 0.2) is 0 Å². The molecule has 0 unspecified atom stereocenters. The first-order valence-corrected chi connectivity index (χ1v) is 2.73. The Hall–Kier alpha value is -1.03. The zero-order valence-corrected chi connectivity index (χ0v) is 5.35. The molecule has 0 aliphatic heterocycles. The van der Waals surface area contributed by atoms with Gasteiger partial charge < -0.3 is 5.48 Å². The van der Waals surface area contributed by atoms with E-state index in [4.69, 9.17) is 0 Å². The van der Waals surface area contributed by atoms with Crippen LogP contribution in [0.5, 0.6) is 0 Å². The monoisotopic (exact) mass is 144 g/mol. The van der Waals surface area contributed by atoms with Gasteiger partial charge in [-0.05, 0) is 0 Å². The van der Waals surface area contributed by atoms with E-state index in [2.05, 4.69) is 0 Å². The second-order valence-corrected chi connectivity index (χ2v) is 2.15. The Kier molecular flexibility index (Phi) is 2.89. The lowest BCUT2D eigenvalue weighted by Gasteiger charge is -2.04. The second kappa shape index (κ2) is 3.22. The van der Waals surface area contributed by atoms with Gasteiger partial charge in [0.1, 0.15) is 17.3 Å². The van der Waals surface area contributed by atoms with Crippen molar-refractivity contribution in [2.45, 2.75) is 19.3 Å². The van der Waals surface area contributed by atoms with Gasteiger partial charge in [-0.2, -0.15) is 0 Å². The van der Waals surface area contributed by atoms with Crippen LogP contribution in [0.3, 0.4) is 0 Å². The highest BCUT2D eigenvalue weighted by Gasteiger charge is 2.22. The van der Waals surface area contributed by atoms with Crippen LogP contribution in [0.4, 0.5) is 0 Å². The highest BCUT2D eigenvalue weighted by Crippen LogP contribution is 2.05. The maximum atomic E-state index is 10.4. The lowest BCUT2D eigenvalue weighted by atomic mass is 9.97. The fraction of sp³-hybridized carbons (Fsp3) is 0.500. The van der Waals surface area contributed by atoms with Gasteiger partial charge in [0, 0.05) is 0 Å². The summed E-state index contributed by atoms with van der Waals surface area (Å²) >= 11 is 0. The minimum Gasteiger partial charge on any atom is -0.412 e. The van der Waals surface area contributed by atoms with E-state index in [0.29, 0.717) is 0 Å². The first-order chi connectivity index (χ1) is 4.18. The van der Waals surface area contributed by atoms with Crippen molar-refractivity contribution >= 4 is 17.3 Å². The molecule has 0 aromatic rings. The quantitative estimate of drug-likeness (QED) is 0.411. The van der Waals surface area contributed by atoms with Crippen LogP contribution in [0.25, 0.3) is 0 Å². The highest BCUT2D eigenvalue weighted by molar-refractivity contribution is 6.18. The molecule has 0 spiro atoms. The average molecular weight is 144 g/mol. The van der Waals surface area contributed by atoms with Crippen LogP contribution < -0.4 is 0 Å². The summed E-state index contributed by atoms with van der Waals surface area (Å²) in [6, 6.07) is 0. The SMILES string of the molecule is O.O=C1CC(=O)CC(=O)C1. The molecule has 1 saturated carbocycles. The van der Waals surface area contributed by atoms with Crippen molar-refractivity contribution in [2.24, 2.45) is 0 Å². The Morgan fingerprint density at radius 3 is 1.10 bits per heavy atom. The molecule has 4 nitrogen and oxygen atoms in total. The molecular formula is C6H8O4. The van der Waals surface area contributed by atoms with E-state index in [1.165, 1.54) is 0 Å². The maximum Gasteiger partial charge on any atom is 0.147 e. The summed E-state index contributed by atoms with van der Waals surface area (Å²) in [5, 5.41) is 0. The van der Waals surface area contributed by atoms with Gasteiger partial charge in [0.05, 0.1) is 19.3 Å². The number of ketones is 3. The van der Waals surface area contributed by atoms with Gasteiger partial charge in [0.25, 0.3) is 0 Å². The fourth-order valence-corrected chi connectivity index (χ4v) is 0.847. The van der Waals surface area contributed by atoms with Crippen molar-refractivity contribution in [3.05, 3.63) is 0 Å². The van der Waals surface area contributed by atoms with E-state index in [0.717, 1.165) is 0 Å². The van der Waals surface area contributed by atoms with Crippen LogP contribution in [0.1, 0.15) is 19.3 Å². The topological polar surface area (TPSA) is 82.7 Å². The van der Waals surface area contributed by atoms with Crippen molar-refractivity contribution < 1.29 is 19.9 Å². The Bertz CT molecular complexity index is 137. The Morgan fingerprint density at radius 1 is 0.700 bits per heavy atom.